The normalized spacial score (nSPS) is 16.8. The van der Waals surface area contributed by atoms with Crippen molar-refractivity contribution < 1.29 is 18.0 Å². The van der Waals surface area contributed by atoms with Gasteiger partial charge in [-0.05, 0) is 5.56 Å². The summed E-state index contributed by atoms with van der Waals surface area (Å²) in [6.07, 6.45) is -4.58. The first-order chi connectivity index (χ1) is 7.98. The predicted octanol–water partition coefficient (Wildman–Crippen LogP) is 2.44. The van der Waals surface area contributed by atoms with Crippen molar-refractivity contribution in [1.82, 2.24) is 9.80 Å². The van der Waals surface area contributed by atoms with Crippen molar-refractivity contribution in [1.29, 1.82) is 0 Å². The molecule has 2 amide bonds. The van der Waals surface area contributed by atoms with Crippen molar-refractivity contribution >= 4 is 6.03 Å². The fraction of sp³-hybridized carbons (Fsp3) is 0.364. The highest BCUT2D eigenvalue weighted by Gasteiger charge is 2.46. The molecule has 3 nitrogen and oxygen atoms in total. The lowest BCUT2D eigenvalue weighted by Gasteiger charge is -2.20. The second kappa shape index (κ2) is 4.27. The highest BCUT2D eigenvalue weighted by molar-refractivity contribution is 5.76. The molecule has 92 valence electrons. The maximum Gasteiger partial charge on any atom is 0.488 e. The summed E-state index contributed by atoms with van der Waals surface area (Å²) in [5.74, 6) is 0. The molecular weight excluding hydrogens is 233 g/mol. The van der Waals surface area contributed by atoms with Crippen LogP contribution in [0.25, 0.3) is 0 Å². The average molecular weight is 244 g/mol. The van der Waals surface area contributed by atoms with E-state index >= 15 is 0 Å². The predicted molar refractivity (Wildman–Crippen MR) is 55.0 cm³/mol. The topological polar surface area (TPSA) is 23.6 Å². The Labute approximate surface area is 96.4 Å². The first-order valence-electron chi connectivity index (χ1n) is 5.15. The fourth-order valence-electron chi connectivity index (χ4n) is 1.77. The first kappa shape index (κ1) is 11.8. The van der Waals surface area contributed by atoms with E-state index < -0.39 is 12.3 Å². The van der Waals surface area contributed by atoms with Gasteiger partial charge in [0, 0.05) is 19.6 Å². The highest BCUT2D eigenvalue weighted by atomic mass is 19.4. The third-order valence-electron chi connectivity index (χ3n) is 2.62. The van der Waals surface area contributed by atoms with Crippen LogP contribution in [0.15, 0.2) is 30.3 Å². The summed E-state index contributed by atoms with van der Waals surface area (Å²) in [7, 11) is 0. The van der Waals surface area contributed by atoms with Gasteiger partial charge >= 0.3 is 12.3 Å². The SMILES string of the molecule is O=C1N(Cc2ccccc2)CCN1C(F)(F)F. The van der Waals surface area contributed by atoms with Gasteiger partial charge in [-0.1, -0.05) is 30.3 Å². The van der Waals surface area contributed by atoms with Gasteiger partial charge in [-0.25, -0.2) is 9.69 Å². The molecule has 1 aromatic rings. The summed E-state index contributed by atoms with van der Waals surface area (Å²) < 4.78 is 37.2. The fourth-order valence-corrected chi connectivity index (χ4v) is 1.77. The maximum atomic E-state index is 12.4. The van der Waals surface area contributed by atoms with Gasteiger partial charge in [0.15, 0.2) is 0 Å². The van der Waals surface area contributed by atoms with E-state index in [2.05, 4.69) is 0 Å². The zero-order valence-corrected chi connectivity index (χ0v) is 8.94. The molecule has 1 aromatic carbocycles. The van der Waals surface area contributed by atoms with E-state index in [1.165, 1.54) is 4.90 Å². The Morgan fingerprint density at radius 2 is 1.76 bits per heavy atom. The molecule has 1 fully saturated rings. The third-order valence-corrected chi connectivity index (χ3v) is 2.62. The van der Waals surface area contributed by atoms with Crippen molar-refractivity contribution in [2.24, 2.45) is 0 Å². The van der Waals surface area contributed by atoms with Gasteiger partial charge in [0.25, 0.3) is 0 Å². The van der Waals surface area contributed by atoms with Crippen LogP contribution >= 0.6 is 0 Å². The molecule has 2 rings (SSSR count). The van der Waals surface area contributed by atoms with E-state index in [9.17, 15) is 18.0 Å². The van der Waals surface area contributed by atoms with E-state index in [1.807, 2.05) is 6.07 Å². The van der Waals surface area contributed by atoms with Gasteiger partial charge < -0.3 is 4.90 Å². The molecule has 0 spiro atoms. The molecule has 1 saturated heterocycles. The van der Waals surface area contributed by atoms with E-state index in [0.717, 1.165) is 5.56 Å². The summed E-state index contributed by atoms with van der Waals surface area (Å²) >= 11 is 0. The Balaban J connectivity index is 2.04. The second-order valence-corrected chi connectivity index (χ2v) is 3.81. The van der Waals surface area contributed by atoms with Crippen molar-refractivity contribution in [2.45, 2.75) is 12.8 Å². The van der Waals surface area contributed by atoms with Crippen LogP contribution in [-0.2, 0) is 6.54 Å². The lowest BCUT2D eigenvalue weighted by atomic mass is 10.2. The zero-order chi connectivity index (χ0) is 12.5. The van der Waals surface area contributed by atoms with Crippen LogP contribution in [0.2, 0.25) is 0 Å². The first-order valence-corrected chi connectivity index (χ1v) is 5.15. The number of rotatable bonds is 2. The molecule has 0 saturated carbocycles. The van der Waals surface area contributed by atoms with E-state index in [4.69, 9.17) is 0 Å². The molecule has 0 aromatic heterocycles. The van der Waals surface area contributed by atoms with E-state index in [1.54, 1.807) is 24.3 Å². The molecule has 0 aliphatic carbocycles. The number of carbonyl (C=O) groups excluding carboxylic acids is 1. The lowest BCUT2D eigenvalue weighted by molar-refractivity contribution is -0.218. The number of carbonyl (C=O) groups is 1. The molecule has 1 heterocycles. The lowest BCUT2D eigenvalue weighted by Crippen LogP contribution is -2.41. The minimum Gasteiger partial charge on any atom is -0.318 e. The van der Waals surface area contributed by atoms with Crippen LogP contribution in [0.1, 0.15) is 5.56 Å². The Morgan fingerprint density at radius 1 is 1.12 bits per heavy atom. The van der Waals surface area contributed by atoms with Gasteiger partial charge in [-0.2, -0.15) is 0 Å². The Bertz CT molecular complexity index is 405. The molecule has 17 heavy (non-hydrogen) atoms. The van der Waals surface area contributed by atoms with Gasteiger partial charge in [0.2, 0.25) is 0 Å². The summed E-state index contributed by atoms with van der Waals surface area (Å²) in [5.41, 5.74) is 0.824. The molecule has 6 heteroatoms. The van der Waals surface area contributed by atoms with Crippen LogP contribution < -0.4 is 0 Å². The Kier molecular flexibility index (Phi) is 2.95. The molecule has 0 unspecified atom stereocenters. The van der Waals surface area contributed by atoms with Crippen molar-refractivity contribution in [3.05, 3.63) is 35.9 Å². The minimum absolute atomic E-state index is 0.0596. The van der Waals surface area contributed by atoms with E-state index in [0.29, 0.717) is 0 Å². The largest absolute Gasteiger partial charge is 0.488 e. The van der Waals surface area contributed by atoms with Crippen LogP contribution in [0.4, 0.5) is 18.0 Å². The van der Waals surface area contributed by atoms with Crippen molar-refractivity contribution in [3.8, 4) is 0 Å². The van der Waals surface area contributed by atoms with Gasteiger partial charge in [0.05, 0.1) is 0 Å². The van der Waals surface area contributed by atoms with Crippen LogP contribution in [0.5, 0.6) is 0 Å². The van der Waals surface area contributed by atoms with Gasteiger partial charge in [-0.15, -0.1) is 13.2 Å². The number of hydrogen-bond donors (Lipinski definition) is 0. The van der Waals surface area contributed by atoms with Crippen LogP contribution in [-0.4, -0.2) is 35.2 Å². The molecular formula is C11H11F3N2O. The summed E-state index contributed by atoms with van der Waals surface area (Å²) in [6, 6.07) is 7.99. The summed E-state index contributed by atoms with van der Waals surface area (Å²) in [5, 5.41) is 0. The average Bonchev–Trinajstić information content (AvgIpc) is 2.61. The molecule has 0 radical (unpaired) electrons. The Morgan fingerprint density at radius 3 is 2.29 bits per heavy atom. The molecule has 0 atom stereocenters. The number of nitrogens with zero attached hydrogens (tertiary/aromatic N) is 2. The second-order valence-electron chi connectivity index (χ2n) is 3.81. The number of amides is 2. The van der Waals surface area contributed by atoms with Crippen molar-refractivity contribution in [2.75, 3.05) is 13.1 Å². The summed E-state index contributed by atoms with van der Waals surface area (Å²) in [6.45, 7) is 0.0225. The number of hydrogen-bond acceptors (Lipinski definition) is 1. The number of halogens is 3. The molecule has 1 aliphatic rings. The number of benzene rings is 1. The smallest absolute Gasteiger partial charge is 0.318 e. The minimum atomic E-state index is -4.58. The molecule has 0 N–H and O–H groups in total. The molecule has 1 aliphatic heterocycles. The van der Waals surface area contributed by atoms with Crippen molar-refractivity contribution in [3.63, 3.8) is 0 Å². The number of urea groups is 1. The standard InChI is InChI=1S/C11H11F3N2O/c12-11(13,14)16-7-6-15(10(16)17)8-9-4-2-1-3-5-9/h1-5H,6-8H2. The quantitative estimate of drug-likeness (QED) is 0.733. The van der Waals surface area contributed by atoms with Crippen LogP contribution in [0, 0.1) is 0 Å². The Hall–Kier alpha value is -1.72. The van der Waals surface area contributed by atoms with E-state index in [-0.39, 0.29) is 24.5 Å². The number of alkyl halides is 3. The summed E-state index contributed by atoms with van der Waals surface area (Å²) in [4.78, 5) is 12.6. The maximum absolute atomic E-state index is 12.4. The zero-order valence-electron chi connectivity index (χ0n) is 8.94. The monoisotopic (exact) mass is 244 g/mol. The molecule has 0 bridgehead atoms. The third kappa shape index (κ3) is 2.51. The van der Waals surface area contributed by atoms with Gasteiger partial charge in [-0.3, -0.25) is 0 Å². The van der Waals surface area contributed by atoms with Crippen LogP contribution in [0.3, 0.4) is 0 Å². The van der Waals surface area contributed by atoms with Gasteiger partial charge in [0.1, 0.15) is 0 Å². The highest BCUT2D eigenvalue weighted by Crippen LogP contribution is 2.26.